The van der Waals surface area contributed by atoms with Gasteiger partial charge in [-0.25, -0.2) is 9.58 Å². The molecule has 1 heterocycles. The summed E-state index contributed by atoms with van der Waals surface area (Å²) in [6.45, 7) is 2.03. The number of amides is 2. The maximum atomic E-state index is 12.9. The number of nitriles is 1. The Morgan fingerprint density at radius 1 is 1.30 bits per heavy atom. The third-order valence-electron chi connectivity index (χ3n) is 3.43. The van der Waals surface area contributed by atoms with E-state index in [2.05, 4.69) is 5.10 Å². The van der Waals surface area contributed by atoms with Crippen LogP contribution in [-0.2, 0) is 15.8 Å². The van der Waals surface area contributed by atoms with Crippen LogP contribution in [0.4, 0.5) is 24.7 Å². The summed E-state index contributed by atoms with van der Waals surface area (Å²) >= 11 is 0. The van der Waals surface area contributed by atoms with Crippen LogP contribution in [0.25, 0.3) is 5.69 Å². The Kier molecular flexibility index (Phi) is 4.98. The van der Waals surface area contributed by atoms with Gasteiger partial charge in [0.2, 0.25) is 11.8 Å². The Morgan fingerprint density at radius 3 is 2.33 bits per heavy atom. The number of alkyl halides is 3. The summed E-state index contributed by atoms with van der Waals surface area (Å²) in [6.07, 6.45) is -3.88. The highest BCUT2D eigenvalue weighted by molar-refractivity contribution is 6.13. The SMILES string of the molecule is CC(=O)N(C(C)=O)c1c(C#N)cnn1-c1ccc(C(F)(F)F)cc1[N+](=O)[O-]. The molecule has 0 saturated heterocycles. The maximum absolute atomic E-state index is 12.9. The largest absolute Gasteiger partial charge is 0.416 e. The van der Waals surface area contributed by atoms with Crippen molar-refractivity contribution in [3.05, 3.63) is 45.6 Å². The highest BCUT2D eigenvalue weighted by atomic mass is 19.4. The smallest absolute Gasteiger partial charge is 0.274 e. The second-order valence-electron chi connectivity index (χ2n) is 5.24. The standard InChI is InChI=1S/C15H10F3N5O4/c1-8(24)21(9(2)25)14-10(6-19)7-20-22(14)12-4-3-11(15(16,17)18)5-13(12)23(26)27/h3-5,7H,1-2H3. The minimum Gasteiger partial charge on any atom is -0.274 e. The molecule has 0 radical (unpaired) electrons. The van der Waals surface area contributed by atoms with E-state index in [1.807, 2.05) is 0 Å². The zero-order valence-corrected chi connectivity index (χ0v) is 13.8. The summed E-state index contributed by atoms with van der Waals surface area (Å²) in [5, 5.41) is 24.2. The number of carbonyl (C=O) groups is 2. The van der Waals surface area contributed by atoms with Gasteiger partial charge in [-0.3, -0.25) is 19.7 Å². The van der Waals surface area contributed by atoms with E-state index in [1.165, 1.54) is 0 Å². The number of nitro benzene ring substituents is 1. The number of imide groups is 1. The molecule has 0 bridgehead atoms. The van der Waals surface area contributed by atoms with Gasteiger partial charge in [0.25, 0.3) is 5.69 Å². The quantitative estimate of drug-likeness (QED) is 0.595. The van der Waals surface area contributed by atoms with Crippen molar-refractivity contribution in [2.24, 2.45) is 0 Å². The molecule has 140 valence electrons. The van der Waals surface area contributed by atoms with Crippen LogP contribution in [0, 0.1) is 21.4 Å². The highest BCUT2D eigenvalue weighted by Gasteiger charge is 2.34. The van der Waals surface area contributed by atoms with Gasteiger partial charge in [0, 0.05) is 19.9 Å². The predicted molar refractivity (Wildman–Crippen MR) is 83.8 cm³/mol. The average Bonchev–Trinajstić information content (AvgIpc) is 2.96. The average molecular weight is 381 g/mol. The van der Waals surface area contributed by atoms with Crippen molar-refractivity contribution in [2.75, 3.05) is 4.90 Å². The van der Waals surface area contributed by atoms with Gasteiger partial charge in [-0.1, -0.05) is 0 Å². The Hall–Kier alpha value is -3.75. The maximum Gasteiger partial charge on any atom is 0.416 e. The summed E-state index contributed by atoms with van der Waals surface area (Å²) in [5.41, 5.74) is -2.94. The minimum absolute atomic E-state index is 0.269. The molecule has 1 aromatic carbocycles. The number of anilines is 1. The van der Waals surface area contributed by atoms with Gasteiger partial charge in [-0.05, 0) is 12.1 Å². The summed E-state index contributed by atoms with van der Waals surface area (Å²) in [4.78, 5) is 34.4. The lowest BCUT2D eigenvalue weighted by Crippen LogP contribution is -2.35. The van der Waals surface area contributed by atoms with Crippen molar-refractivity contribution < 1.29 is 27.7 Å². The third-order valence-corrected chi connectivity index (χ3v) is 3.43. The van der Waals surface area contributed by atoms with E-state index >= 15 is 0 Å². The molecular formula is C15H10F3N5O4. The molecule has 0 N–H and O–H groups in total. The van der Waals surface area contributed by atoms with E-state index in [0.717, 1.165) is 26.1 Å². The van der Waals surface area contributed by atoms with Crippen LogP contribution in [-0.4, -0.2) is 26.5 Å². The van der Waals surface area contributed by atoms with Crippen LogP contribution in [0.3, 0.4) is 0 Å². The molecule has 0 saturated carbocycles. The first kappa shape index (κ1) is 19.6. The molecule has 0 atom stereocenters. The second kappa shape index (κ2) is 6.87. The molecule has 27 heavy (non-hydrogen) atoms. The molecule has 9 nitrogen and oxygen atoms in total. The van der Waals surface area contributed by atoms with Crippen LogP contribution in [0.5, 0.6) is 0 Å². The molecule has 2 amide bonds. The number of hydrogen-bond donors (Lipinski definition) is 0. The summed E-state index contributed by atoms with van der Waals surface area (Å²) in [7, 11) is 0. The molecule has 2 rings (SSSR count). The fourth-order valence-electron chi connectivity index (χ4n) is 2.36. The molecule has 0 unspecified atom stereocenters. The van der Waals surface area contributed by atoms with E-state index in [0.29, 0.717) is 21.7 Å². The number of hydrogen-bond acceptors (Lipinski definition) is 6. The fraction of sp³-hybridized carbons (Fsp3) is 0.200. The van der Waals surface area contributed by atoms with Crippen molar-refractivity contribution in [2.45, 2.75) is 20.0 Å². The van der Waals surface area contributed by atoms with Crippen LogP contribution in [0.15, 0.2) is 24.4 Å². The summed E-state index contributed by atoms with van der Waals surface area (Å²) in [6, 6.07) is 3.35. The van der Waals surface area contributed by atoms with Gasteiger partial charge < -0.3 is 0 Å². The first-order valence-corrected chi connectivity index (χ1v) is 7.14. The lowest BCUT2D eigenvalue weighted by atomic mass is 10.1. The van der Waals surface area contributed by atoms with Gasteiger partial charge in [-0.15, -0.1) is 0 Å². The molecule has 0 aliphatic heterocycles. The van der Waals surface area contributed by atoms with E-state index in [4.69, 9.17) is 0 Å². The van der Waals surface area contributed by atoms with E-state index in [9.17, 15) is 38.1 Å². The molecule has 0 aliphatic rings. The first-order chi connectivity index (χ1) is 12.5. The normalized spacial score (nSPS) is 11.0. The molecular weight excluding hydrogens is 371 g/mol. The van der Waals surface area contributed by atoms with Crippen molar-refractivity contribution in [3.63, 3.8) is 0 Å². The number of benzene rings is 1. The Balaban J connectivity index is 2.82. The Labute approximate surface area is 149 Å². The number of nitro groups is 1. The summed E-state index contributed by atoms with van der Waals surface area (Å²) in [5.74, 6) is -2.02. The van der Waals surface area contributed by atoms with Gasteiger partial charge in [0.1, 0.15) is 17.3 Å². The zero-order valence-electron chi connectivity index (χ0n) is 13.8. The first-order valence-electron chi connectivity index (χ1n) is 7.14. The van der Waals surface area contributed by atoms with Crippen molar-refractivity contribution >= 4 is 23.3 Å². The van der Waals surface area contributed by atoms with Gasteiger partial charge >= 0.3 is 6.18 Å². The predicted octanol–water partition coefficient (Wildman–Crippen LogP) is 2.57. The van der Waals surface area contributed by atoms with Crippen molar-refractivity contribution in [3.8, 4) is 11.8 Å². The van der Waals surface area contributed by atoms with E-state index < -0.39 is 45.7 Å². The third kappa shape index (κ3) is 3.61. The van der Waals surface area contributed by atoms with Gasteiger partial charge in [0.05, 0.1) is 16.7 Å². The number of aromatic nitrogens is 2. The number of rotatable bonds is 3. The van der Waals surface area contributed by atoms with E-state index in [-0.39, 0.29) is 5.56 Å². The van der Waals surface area contributed by atoms with Gasteiger partial charge in [0.15, 0.2) is 5.82 Å². The molecule has 0 aliphatic carbocycles. The summed E-state index contributed by atoms with van der Waals surface area (Å²) < 4.78 is 39.3. The topological polar surface area (TPSA) is 122 Å². The minimum atomic E-state index is -4.82. The highest BCUT2D eigenvalue weighted by Crippen LogP contribution is 2.36. The van der Waals surface area contributed by atoms with Crippen molar-refractivity contribution in [1.82, 2.24) is 9.78 Å². The Bertz CT molecular complexity index is 976. The lowest BCUT2D eigenvalue weighted by Gasteiger charge is -2.19. The molecule has 2 aromatic rings. The lowest BCUT2D eigenvalue weighted by molar-refractivity contribution is -0.384. The fourth-order valence-corrected chi connectivity index (χ4v) is 2.36. The van der Waals surface area contributed by atoms with Gasteiger partial charge in [-0.2, -0.15) is 23.5 Å². The number of carbonyl (C=O) groups excluding carboxylic acids is 2. The number of halogens is 3. The Morgan fingerprint density at radius 2 is 1.89 bits per heavy atom. The zero-order chi connectivity index (χ0) is 20.5. The van der Waals surface area contributed by atoms with E-state index in [1.54, 1.807) is 6.07 Å². The van der Waals surface area contributed by atoms with Crippen molar-refractivity contribution in [1.29, 1.82) is 5.26 Å². The monoisotopic (exact) mass is 381 g/mol. The molecule has 1 aromatic heterocycles. The molecule has 12 heteroatoms. The molecule has 0 fully saturated rings. The number of nitrogens with zero attached hydrogens (tertiary/aromatic N) is 5. The van der Waals surface area contributed by atoms with Crippen LogP contribution in [0.1, 0.15) is 25.0 Å². The molecule has 0 spiro atoms. The van der Waals surface area contributed by atoms with Crippen LogP contribution in [0.2, 0.25) is 0 Å². The van der Waals surface area contributed by atoms with Crippen LogP contribution < -0.4 is 4.90 Å². The van der Waals surface area contributed by atoms with Crippen LogP contribution >= 0.6 is 0 Å². The second-order valence-corrected chi connectivity index (χ2v) is 5.24.